The van der Waals surface area contributed by atoms with E-state index in [0.29, 0.717) is 12.8 Å². The Labute approximate surface area is 198 Å². The number of hydrogen-bond acceptors (Lipinski definition) is 4. The molecule has 0 spiro atoms. The summed E-state index contributed by atoms with van der Waals surface area (Å²) in [6, 6.07) is 12.1. The average molecular weight is 460 g/mol. The first-order chi connectivity index (χ1) is 16.6. The molecule has 7 heteroatoms. The lowest BCUT2D eigenvalue weighted by atomic mass is 9.99. The van der Waals surface area contributed by atoms with Gasteiger partial charge in [-0.3, -0.25) is 5.32 Å². The lowest BCUT2D eigenvalue weighted by Crippen LogP contribution is -2.30. The fraction of sp³-hybridized carbons (Fsp3) is 0.370. The van der Waals surface area contributed by atoms with Gasteiger partial charge in [0, 0.05) is 12.4 Å². The predicted molar refractivity (Wildman–Crippen MR) is 129 cm³/mol. The number of hydrogen-bond donors (Lipinski definition) is 2. The topological polar surface area (TPSA) is 93.5 Å². The molecule has 0 saturated heterocycles. The van der Waals surface area contributed by atoms with Crippen molar-refractivity contribution in [3.05, 3.63) is 76.6 Å². The molecule has 1 heterocycles. The van der Waals surface area contributed by atoms with Gasteiger partial charge in [-0.2, -0.15) is 5.10 Å². The third-order valence-corrected chi connectivity index (χ3v) is 6.84. The molecule has 2 aliphatic rings. The van der Waals surface area contributed by atoms with E-state index in [-0.39, 0.29) is 6.42 Å². The molecule has 0 aliphatic heterocycles. The minimum Gasteiger partial charge on any atom is -0.479 e. The summed E-state index contributed by atoms with van der Waals surface area (Å²) in [5, 5.41) is 16.8. The van der Waals surface area contributed by atoms with Crippen LogP contribution in [-0.4, -0.2) is 33.1 Å². The largest absolute Gasteiger partial charge is 0.479 e. The number of carbonyl (C=O) groups is 2. The Balaban J connectivity index is 1.20. The highest BCUT2D eigenvalue weighted by Gasteiger charge is 2.27. The predicted octanol–water partition coefficient (Wildman–Crippen LogP) is 4.87. The lowest BCUT2D eigenvalue weighted by Gasteiger charge is -2.18. The Morgan fingerprint density at radius 1 is 1.06 bits per heavy atom. The molecule has 5 rings (SSSR count). The van der Waals surface area contributed by atoms with Gasteiger partial charge in [-0.1, -0.05) is 18.2 Å². The number of carboxylic acid groups (broad SMARTS) is 1. The summed E-state index contributed by atoms with van der Waals surface area (Å²) < 4.78 is 7.18. The van der Waals surface area contributed by atoms with Gasteiger partial charge in [0.05, 0.1) is 11.4 Å². The van der Waals surface area contributed by atoms with Crippen LogP contribution in [0.25, 0.3) is 5.69 Å². The average Bonchev–Trinajstić information content (AvgIpc) is 3.59. The van der Waals surface area contributed by atoms with Crippen LogP contribution in [0.2, 0.25) is 0 Å². The molecule has 34 heavy (non-hydrogen) atoms. The van der Waals surface area contributed by atoms with Crippen LogP contribution >= 0.6 is 0 Å². The summed E-state index contributed by atoms with van der Waals surface area (Å²) >= 11 is 0. The second-order valence-corrected chi connectivity index (χ2v) is 9.10. The first-order valence-corrected chi connectivity index (χ1v) is 12.0. The summed E-state index contributed by atoms with van der Waals surface area (Å²) in [7, 11) is 0. The second kappa shape index (κ2) is 9.71. The quantitative estimate of drug-likeness (QED) is 0.501. The molecular formula is C27H29N3O4. The van der Waals surface area contributed by atoms with Gasteiger partial charge in [0.25, 0.3) is 0 Å². The molecule has 0 bridgehead atoms. The van der Waals surface area contributed by atoms with E-state index in [9.17, 15) is 14.7 Å². The van der Waals surface area contributed by atoms with E-state index in [1.165, 1.54) is 22.3 Å². The van der Waals surface area contributed by atoms with E-state index >= 15 is 0 Å². The first kappa shape index (κ1) is 22.2. The highest BCUT2D eigenvalue weighted by atomic mass is 16.6. The van der Waals surface area contributed by atoms with Gasteiger partial charge in [0.15, 0.2) is 0 Å². The Kier molecular flexibility index (Phi) is 6.34. The minimum atomic E-state index is -1.18. The van der Waals surface area contributed by atoms with Crippen LogP contribution in [0.3, 0.4) is 0 Å². The maximum Gasteiger partial charge on any atom is 0.412 e. The minimum absolute atomic E-state index is 0.250. The molecule has 1 amide bonds. The number of aliphatic carboxylic acids is 1. The van der Waals surface area contributed by atoms with E-state index in [2.05, 4.69) is 16.5 Å². The van der Waals surface area contributed by atoms with E-state index in [1.54, 1.807) is 10.9 Å². The SMILES string of the molecule is O=C(Nc1c2c(cc3c1CCC3)CCC2)OC(CCCc1cccc(-n2cccn2)c1)C(=O)O. The molecule has 7 nitrogen and oxygen atoms in total. The number of amides is 1. The van der Waals surface area contributed by atoms with Crippen LogP contribution in [0, 0.1) is 0 Å². The van der Waals surface area contributed by atoms with Crippen molar-refractivity contribution in [3.8, 4) is 5.69 Å². The maximum atomic E-state index is 12.7. The highest BCUT2D eigenvalue weighted by Crippen LogP contribution is 2.38. The van der Waals surface area contributed by atoms with Gasteiger partial charge >= 0.3 is 12.1 Å². The van der Waals surface area contributed by atoms with Gasteiger partial charge in [-0.25, -0.2) is 14.3 Å². The van der Waals surface area contributed by atoms with E-state index in [1.807, 2.05) is 36.5 Å². The summed E-state index contributed by atoms with van der Waals surface area (Å²) in [6.07, 6.45) is 9.39. The molecule has 2 aromatic carbocycles. The number of carboxylic acids is 1. The smallest absolute Gasteiger partial charge is 0.412 e. The van der Waals surface area contributed by atoms with Gasteiger partial charge in [0.1, 0.15) is 0 Å². The van der Waals surface area contributed by atoms with E-state index in [0.717, 1.165) is 55.5 Å². The normalized spacial score (nSPS) is 14.9. The molecule has 3 aromatic rings. The van der Waals surface area contributed by atoms with Crippen LogP contribution in [0.4, 0.5) is 10.5 Å². The molecule has 2 aliphatic carbocycles. The van der Waals surface area contributed by atoms with Crippen LogP contribution in [0.1, 0.15) is 53.5 Å². The molecule has 1 unspecified atom stereocenters. The number of aromatic nitrogens is 2. The number of benzene rings is 2. The van der Waals surface area contributed by atoms with E-state index in [4.69, 9.17) is 4.74 Å². The van der Waals surface area contributed by atoms with Gasteiger partial charge in [-0.05, 0) is 104 Å². The number of anilines is 1. The summed E-state index contributed by atoms with van der Waals surface area (Å²) in [6.45, 7) is 0. The number of carbonyl (C=O) groups excluding carboxylic acids is 1. The highest BCUT2D eigenvalue weighted by molar-refractivity contribution is 5.90. The number of nitrogens with one attached hydrogen (secondary N) is 1. The van der Waals surface area contributed by atoms with Gasteiger partial charge in [0.2, 0.25) is 6.10 Å². The van der Waals surface area contributed by atoms with Crippen molar-refractivity contribution in [2.75, 3.05) is 5.32 Å². The van der Waals surface area contributed by atoms with Crippen molar-refractivity contribution in [1.82, 2.24) is 9.78 Å². The summed E-state index contributed by atoms with van der Waals surface area (Å²) in [5.41, 5.74) is 7.91. The third kappa shape index (κ3) is 4.69. The zero-order valence-corrected chi connectivity index (χ0v) is 19.1. The number of rotatable bonds is 8. The zero-order valence-electron chi connectivity index (χ0n) is 19.1. The zero-order chi connectivity index (χ0) is 23.5. The molecule has 0 radical (unpaired) electrons. The Hall–Kier alpha value is -3.61. The van der Waals surface area contributed by atoms with Crippen LogP contribution < -0.4 is 5.32 Å². The number of aryl methyl sites for hydroxylation is 3. The second-order valence-electron chi connectivity index (χ2n) is 9.10. The summed E-state index contributed by atoms with van der Waals surface area (Å²) in [4.78, 5) is 24.5. The molecule has 1 atom stereocenters. The number of fused-ring (bicyclic) bond motifs is 2. The maximum absolute atomic E-state index is 12.7. The Morgan fingerprint density at radius 3 is 2.50 bits per heavy atom. The molecular weight excluding hydrogens is 430 g/mol. The molecule has 176 valence electrons. The molecule has 1 aromatic heterocycles. The van der Waals surface area contributed by atoms with Gasteiger partial charge in [-0.15, -0.1) is 0 Å². The van der Waals surface area contributed by atoms with Crippen molar-refractivity contribution in [2.24, 2.45) is 0 Å². The summed E-state index contributed by atoms with van der Waals surface area (Å²) in [5.74, 6) is -1.12. The Bertz CT molecular complexity index is 1170. The van der Waals surface area contributed by atoms with Crippen LogP contribution in [0.5, 0.6) is 0 Å². The third-order valence-electron chi connectivity index (χ3n) is 6.84. The lowest BCUT2D eigenvalue weighted by molar-refractivity contribution is -0.146. The number of nitrogens with zero attached hydrogens (tertiary/aromatic N) is 2. The monoisotopic (exact) mass is 459 g/mol. The van der Waals surface area contributed by atoms with Crippen LogP contribution in [-0.2, 0) is 41.6 Å². The first-order valence-electron chi connectivity index (χ1n) is 12.0. The van der Waals surface area contributed by atoms with Crippen molar-refractivity contribution < 1.29 is 19.4 Å². The van der Waals surface area contributed by atoms with Crippen molar-refractivity contribution >= 4 is 17.7 Å². The van der Waals surface area contributed by atoms with E-state index < -0.39 is 18.2 Å². The number of ether oxygens (including phenoxy) is 1. The molecule has 0 saturated carbocycles. The fourth-order valence-corrected chi connectivity index (χ4v) is 5.23. The molecule has 0 fully saturated rings. The van der Waals surface area contributed by atoms with Crippen LogP contribution in [0.15, 0.2) is 48.8 Å². The van der Waals surface area contributed by atoms with Crippen molar-refractivity contribution in [3.63, 3.8) is 0 Å². The van der Waals surface area contributed by atoms with Gasteiger partial charge < -0.3 is 9.84 Å². The fourth-order valence-electron chi connectivity index (χ4n) is 5.23. The van der Waals surface area contributed by atoms with Crippen molar-refractivity contribution in [2.45, 2.75) is 63.9 Å². The Morgan fingerprint density at radius 2 is 1.82 bits per heavy atom. The van der Waals surface area contributed by atoms with Crippen molar-refractivity contribution in [1.29, 1.82) is 0 Å². The molecule has 2 N–H and O–H groups in total. The standard InChI is InChI=1S/C27H29N3O4/c31-26(32)24(13-2-7-18-6-1-10-21(16-18)30-15-5-14-28-30)34-27(33)29-25-22-11-3-8-19(22)17-20-9-4-12-23(20)25/h1,5-6,10,14-17,24H,2-4,7-9,11-13H2,(H,29,33)(H,31,32).